The quantitative estimate of drug-likeness (QED) is 0.190. The number of rotatable bonds is 12. The monoisotopic (exact) mass is 482 g/mol. The normalized spacial score (nSPS) is 10.9. The summed E-state index contributed by atoms with van der Waals surface area (Å²) in [6.07, 6.45) is 8.01. The molecule has 4 rings (SSSR count). The number of halogens is 1. The molecule has 0 N–H and O–H groups in total. The molecule has 1 amide bonds. The Hall–Kier alpha value is -3.66. The van der Waals surface area contributed by atoms with Gasteiger partial charge in [-0.05, 0) is 65.9 Å². The summed E-state index contributed by atoms with van der Waals surface area (Å²) in [5.41, 5.74) is 5.14. The van der Waals surface area contributed by atoms with Crippen LogP contribution in [-0.2, 0) is 26.1 Å². The maximum absolute atomic E-state index is 13.7. The van der Waals surface area contributed by atoms with Gasteiger partial charge in [-0.2, -0.15) is 0 Å². The lowest BCUT2D eigenvalue weighted by Gasteiger charge is -2.24. The van der Waals surface area contributed by atoms with Gasteiger partial charge >= 0.3 is 0 Å². The number of amides is 1. The molecular weight excluding hydrogens is 447 g/mol. The summed E-state index contributed by atoms with van der Waals surface area (Å²) in [5.74, 6) is -0.219. The minimum atomic E-state index is -0.238. The SMILES string of the molecule is CCCCCCc1ccc(C(=O)N(Cc2ccccc2)Cc2cccn2Cc2ccc(F)cc2)cc1. The van der Waals surface area contributed by atoms with Gasteiger partial charge in [-0.15, -0.1) is 0 Å². The van der Waals surface area contributed by atoms with E-state index in [1.165, 1.54) is 43.4 Å². The zero-order valence-corrected chi connectivity index (χ0v) is 21.1. The van der Waals surface area contributed by atoms with E-state index in [1.54, 1.807) is 12.1 Å². The van der Waals surface area contributed by atoms with Crippen molar-refractivity contribution in [1.82, 2.24) is 9.47 Å². The van der Waals surface area contributed by atoms with Gasteiger partial charge in [0.15, 0.2) is 0 Å². The van der Waals surface area contributed by atoms with E-state index in [2.05, 4.69) is 35.8 Å². The van der Waals surface area contributed by atoms with Crippen molar-refractivity contribution in [2.24, 2.45) is 0 Å². The standard InChI is InChI=1S/C32H35FN2O/c1-2-3-4-6-10-26-14-18-29(19-15-26)32(36)35(24-27-11-7-5-8-12-27)25-31-13-9-22-34(31)23-28-16-20-30(33)21-17-28/h5,7-9,11-22H,2-4,6,10,23-25H2,1H3. The van der Waals surface area contributed by atoms with E-state index in [0.29, 0.717) is 25.2 Å². The second kappa shape index (κ2) is 12.9. The molecule has 0 spiro atoms. The molecule has 4 aromatic rings. The van der Waals surface area contributed by atoms with Crippen molar-refractivity contribution in [3.8, 4) is 0 Å². The number of aryl methyl sites for hydroxylation is 1. The van der Waals surface area contributed by atoms with Crippen LogP contribution in [0.3, 0.4) is 0 Å². The van der Waals surface area contributed by atoms with E-state index in [0.717, 1.165) is 23.2 Å². The van der Waals surface area contributed by atoms with Crippen molar-refractivity contribution >= 4 is 5.91 Å². The molecule has 0 aliphatic rings. The van der Waals surface area contributed by atoms with Crippen LogP contribution < -0.4 is 0 Å². The molecule has 0 atom stereocenters. The zero-order chi connectivity index (χ0) is 25.2. The second-order valence-corrected chi connectivity index (χ2v) is 9.41. The summed E-state index contributed by atoms with van der Waals surface area (Å²) in [6.45, 7) is 3.87. The van der Waals surface area contributed by atoms with E-state index < -0.39 is 0 Å². The number of aromatic nitrogens is 1. The molecular formula is C32H35FN2O. The smallest absolute Gasteiger partial charge is 0.254 e. The van der Waals surface area contributed by atoms with Crippen LogP contribution in [0.2, 0.25) is 0 Å². The molecule has 1 heterocycles. The fraction of sp³-hybridized carbons (Fsp3) is 0.281. The van der Waals surface area contributed by atoms with Crippen LogP contribution in [0.5, 0.6) is 0 Å². The fourth-order valence-corrected chi connectivity index (χ4v) is 4.49. The molecule has 3 nitrogen and oxygen atoms in total. The van der Waals surface area contributed by atoms with Crippen LogP contribution >= 0.6 is 0 Å². The van der Waals surface area contributed by atoms with Crippen molar-refractivity contribution in [3.63, 3.8) is 0 Å². The van der Waals surface area contributed by atoms with Gasteiger partial charge in [0.1, 0.15) is 5.82 Å². The third-order valence-electron chi connectivity index (χ3n) is 6.57. The third-order valence-corrected chi connectivity index (χ3v) is 6.57. The molecule has 0 saturated heterocycles. The molecule has 0 saturated carbocycles. The summed E-state index contributed by atoms with van der Waals surface area (Å²) < 4.78 is 15.5. The molecule has 3 aromatic carbocycles. The molecule has 0 radical (unpaired) electrons. The zero-order valence-electron chi connectivity index (χ0n) is 21.1. The Morgan fingerprint density at radius 2 is 1.47 bits per heavy atom. The number of unbranched alkanes of at least 4 members (excludes halogenated alkanes) is 3. The summed E-state index contributed by atoms with van der Waals surface area (Å²) in [6, 6.07) is 28.8. The molecule has 0 aliphatic heterocycles. The Kier molecular flexibility index (Phi) is 9.09. The summed E-state index contributed by atoms with van der Waals surface area (Å²) >= 11 is 0. The van der Waals surface area contributed by atoms with Crippen molar-refractivity contribution < 1.29 is 9.18 Å². The number of benzene rings is 3. The molecule has 0 unspecified atom stereocenters. The predicted molar refractivity (Wildman–Crippen MR) is 144 cm³/mol. The number of hydrogen-bond acceptors (Lipinski definition) is 1. The highest BCUT2D eigenvalue weighted by Gasteiger charge is 2.18. The van der Waals surface area contributed by atoms with Crippen LogP contribution in [0.15, 0.2) is 97.2 Å². The number of nitrogens with zero attached hydrogens (tertiary/aromatic N) is 2. The van der Waals surface area contributed by atoms with E-state index in [1.807, 2.05) is 53.6 Å². The van der Waals surface area contributed by atoms with Crippen LogP contribution in [0.25, 0.3) is 0 Å². The average Bonchev–Trinajstić information content (AvgIpc) is 3.34. The first-order valence-electron chi connectivity index (χ1n) is 12.9. The maximum Gasteiger partial charge on any atom is 0.254 e. The van der Waals surface area contributed by atoms with E-state index in [-0.39, 0.29) is 11.7 Å². The fourth-order valence-electron chi connectivity index (χ4n) is 4.49. The van der Waals surface area contributed by atoms with Crippen molar-refractivity contribution in [1.29, 1.82) is 0 Å². The van der Waals surface area contributed by atoms with Crippen LogP contribution in [0, 0.1) is 5.82 Å². The van der Waals surface area contributed by atoms with Gasteiger partial charge < -0.3 is 9.47 Å². The number of hydrogen-bond donors (Lipinski definition) is 0. The van der Waals surface area contributed by atoms with Gasteiger partial charge in [-0.25, -0.2) is 4.39 Å². The van der Waals surface area contributed by atoms with Gasteiger partial charge in [0.2, 0.25) is 0 Å². The summed E-state index contributed by atoms with van der Waals surface area (Å²) in [5, 5.41) is 0. The Balaban J connectivity index is 1.50. The Morgan fingerprint density at radius 3 is 2.19 bits per heavy atom. The molecule has 36 heavy (non-hydrogen) atoms. The molecule has 0 bridgehead atoms. The van der Waals surface area contributed by atoms with Gasteiger partial charge in [0.25, 0.3) is 5.91 Å². The summed E-state index contributed by atoms with van der Waals surface area (Å²) in [4.78, 5) is 15.6. The van der Waals surface area contributed by atoms with Gasteiger partial charge in [-0.3, -0.25) is 4.79 Å². The van der Waals surface area contributed by atoms with Gasteiger partial charge in [0, 0.05) is 30.5 Å². The second-order valence-electron chi connectivity index (χ2n) is 9.41. The molecule has 0 aliphatic carbocycles. The van der Waals surface area contributed by atoms with Gasteiger partial charge in [0.05, 0.1) is 6.54 Å². The lowest BCUT2D eigenvalue weighted by Crippen LogP contribution is -2.31. The van der Waals surface area contributed by atoms with Crippen LogP contribution in [0.1, 0.15) is 65.3 Å². The van der Waals surface area contributed by atoms with Crippen molar-refractivity contribution in [2.75, 3.05) is 0 Å². The number of carbonyl (C=O) groups excluding carboxylic acids is 1. The molecule has 4 heteroatoms. The van der Waals surface area contributed by atoms with Crippen LogP contribution in [0.4, 0.5) is 4.39 Å². The molecule has 0 fully saturated rings. The Labute approximate surface area is 214 Å². The average molecular weight is 483 g/mol. The maximum atomic E-state index is 13.7. The van der Waals surface area contributed by atoms with Crippen molar-refractivity contribution in [3.05, 3.63) is 131 Å². The van der Waals surface area contributed by atoms with E-state index in [4.69, 9.17) is 0 Å². The topological polar surface area (TPSA) is 25.2 Å². The lowest BCUT2D eigenvalue weighted by molar-refractivity contribution is 0.0726. The first-order chi connectivity index (χ1) is 17.6. The Morgan fingerprint density at radius 1 is 0.750 bits per heavy atom. The van der Waals surface area contributed by atoms with E-state index in [9.17, 15) is 9.18 Å². The van der Waals surface area contributed by atoms with Crippen molar-refractivity contribution in [2.45, 2.75) is 58.7 Å². The number of carbonyl (C=O) groups is 1. The minimum absolute atomic E-state index is 0.0194. The van der Waals surface area contributed by atoms with Gasteiger partial charge in [-0.1, -0.05) is 80.8 Å². The Bertz CT molecular complexity index is 1210. The first-order valence-corrected chi connectivity index (χ1v) is 12.9. The summed E-state index contributed by atoms with van der Waals surface area (Å²) in [7, 11) is 0. The highest BCUT2D eigenvalue weighted by atomic mass is 19.1. The highest BCUT2D eigenvalue weighted by molar-refractivity contribution is 5.94. The highest BCUT2D eigenvalue weighted by Crippen LogP contribution is 2.18. The largest absolute Gasteiger partial charge is 0.345 e. The van der Waals surface area contributed by atoms with E-state index >= 15 is 0 Å². The van der Waals surface area contributed by atoms with Crippen LogP contribution in [-0.4, -0.2) is 15.4 Å². The molecule has 1 aromatic heterocycles. The lowest BCUT2D eigenvalue weighted by atomic mass is 10.0. The predicted octanol–water partition coefficient (Wildman–Crippen LogP) is 7.64. The first kappa shape index (κ1) is 25.4. The third kappa shape index (κ3) is 7.17. The molecule has 186 valence electrons. The minimum Gasteiger partial charge on any atom is -0.345 e.